The van der Waals surface area contributed by atoms with Crippen LogP contribution in [0.3, 0.4) is 0 Å². The first kappa shape index (κ1) is 10.0. The lowest BCUT2D eigenvalue weighted by Crippen LogP contribution is -1.74. The number of thiocyanates is 1. The van der Waals surface area contributed by atoms with Gasteiger partial charge < -0.3 is 0 Å². The van der Waals surface area contributed by atoms with Gasteiger partial charge in [-0.2, -0.15) is 5.26 Å². The minimum atomic E-state index is 0.393. The fraction of sp³-hybridized carbons (Fsp3) is 0. The molecule has 0 fully saturated rings. The molecule has 62 valence electrons. The van der Waals surface area contributed by atoms with Gasteiger partial charge in [0.25, 0.3) is 0 Å². The summed E-state index contributed by atoms with van der Waals surface area (Å²) in [5.41, 5.74) is 0. The average molecular weight is 239 g/mol. The van der Waals surface area contributed by atoms with E-state index in [1.807, 2.05) is 5.40 Å². The van der Waals surface area contributed by atoms with Crippen molar-refractivity contribution in [3.63, 3.8) is 0 Å². The van der Waals surface area contributed by atoms with Crippen LogP contribution in [0, 0.1) is 10.7 Å². The van der Waals surface area contributed by atoms with Crippen molar-refractivity contribution in [2.45, 2.75) is 4.90 Å². The molecule has 0 bridgehead atoms. The maximum atomic E-state index is 8.38. The highest BCUT2D eigenvalue weighted by molar-refractivity contribution is 8.03. The molecule has 0 saturated carbocycles. The highest BCUT2D eigenvalue weighted by atomic mass is 35.5. The van der Waals surface area contributed by atoms with Gasteiger partial charge in [-0.25, -0.2) is 0 Å². The van der Waals surface area contributed by atoms with Crippen LogP contribution in [0.15, 0.2) is 17.0 Å². The first-order valence-electron chi connectivity index (χ1n) is 2.85. The molecule has 0 aliphatic rings. The number of nitriles is 1. The normalized spacial score (nSPS) is 9.50. The number of halogens is 3. The second-order valence-corrected chi connectivity index (χ2v) is 3.94. The Morgan fingerprint density at radius 1 is 1.08 bits per heavy atom. The van der Waals surface area contributed by atoms with E-state index in [0.717, 1.165) is 11.8 Å². The van der Waals surface area contributed by atoms with Crippen LogP contribution < -0.4 is 0 Å². The number of nitrogens with zero attached hydrogens (tertiary/aromatic N) is 1. The molecule has 0 unspecified atom stereocenters. The first-order chi connectivity index (χ1) is 5.65. The molecule has 0 radical (unpaired) electrons. The van der Waals surface area contributed by atoms with Gasteiger partial charge in [-0.15, -0.1) is 0 Å². The summed E-state index contributed by atoms with van der Waals surface area (Å²) in [5.74, 6) is 0. The number of hydrogen-bond acceptors (Lipinski definition) is 2. The van der Waals surface area contributed by atoms with Crippen molar-refractivity contribution >= 4 is 46.6 Å². The van der Waals surface area contributed by atoms with E-state index in [-0.39, 0.29) is 0 Å². The molecule has 1 rings (SSSR count). The molecule has 1 aromatic rings. The van der Waals surface area contributed by atoms with Gasteiger partial charge in [-0.1, -0.05) is 34.8 Å². The third-order valence-corrected chi connectivity index (χ3v) is 2.93. The molecule has 0 aliphatic heterocycles. The third-order valence-electron chi connectivity index (χ3n) is 1.13. The zero-order chi connectivity index (χ0) is 9.14. The van der Waals surface area contributed by atoms with E-state index in [1.54, 1.807) is 6.07 Å². The van der Waals surface area contributed by atoms with Crippen molar-refractivity contribution in [3.8, 4) is 5.40 Å². The molecule has 12 heavy (non-hydrogen) atoms. The van der Waals surface area contributed by atoms with Gasteiger partial charge in [0.2, 0.25) is 0 Å². The Labute approximate surface area is 89.2 Å². The second kappa shape index (κ2) is 4.25. The predicted octanol–water partition coefficient (Wildman–Crippen LogP) is 4.22. The van der Waals surface area contributed by atoms with Crippen molar-refractivity contribution in [1.29, 1.82) is 5.26 Å². The van der Waals surface area contributed by atoms with Crippen molar-refractivity contribution in [2.24, 2.45) is 0 Å². The van der Waals surface area contributed by atoms with Crippen LogP contribution >= 0.6 is 46.6 Å². The second-order valence-electron chi connectivity index (χ2n) is 1.89. The summed E-state index contributed by atoms with van der Waals surface area (Å²) in [4.78, 5) is 0.619. The molecule has 1 nitrogen and oxygen atoms in total. The van der Waals surface area contributed by atoms with Crippen LogP contribution in [0.2, 0.25) is 15.1 Å². The average Bonchev–Trinajstić information content (AvgIpc) is 2.01. The van der Waals surface area contributed by atoms with E-state index < -0.39 is 0 Å². The van der Waals surface area contributed by atoms with Crippen LogP contribution in [0.4, 0.5) is 0 Å². The van der Waals surface area contributed by atoms with Gasteiger partial charge in [-0.3, -0.25) is 0 Å². The van der Waals surface area contributed by atoms with Crippen molar-refractivity contribution in [2.75, 3.05) is 0 Å². The predicted molar refractivity (Wildman–Crippen MR) is 52.9 cm³/mol. The fourth-order valence-corrected chi connectivity index (χ4v) is 1.79. The first-order valence-corrected chi connectivity index (χ1v) is 4.80. The summed E-state index contributed by atoms with van der Waals surface area (Å²) >= 11 is 18.1. The van der Waals surface area contributed by atoms with Crippen LogP contribution in [0.5, 0.6) is 0 Å². The lowest BCUT2D eigenvalue weighted by atomic mass is 10.4. The maximum Gasteiger partial charge on any atom is 0.138 e. The molecular weight excluding hydrogens is 237 g/mol. The van der Waals surface area contributed by atoms with Crippen molar-refractivity contribution in [1.82, 2.24) is 0 Å². The van der Waals surface area contributed by atoms with Crippen molar-refractivity contribution < 1.29 is 0 Å². The van der Waals surface area contributed by atoms with Gasteiger partial charge in [0.1, 0.15) is 5.40 Å². The highest BCUT2D eigenvalue weighted by Crippen LogP contribution is 2.34. The van der Waals surface area contributed by atoms with Crippen LogP contribution in [0.25, 0.3) is 0 Å². The monoisotopic (exact) mass is 237 g/mol. The molecule has 1 aromatic carbocycles. The Kier molecular flexibility index (Phi) is 3.54. The molecule has 0 aliphatic carbocycles. The Morgan fingerprint density at radius 2 is 1.67 bits per heavy atom. The molecule has 5 heteroatoms. The number of hydrogen-bond donors (Lipinski definition) is 0. The molecular formula is C7H2Cl3NS. The maximum absolute atomic E-state index is 8.38. The summed E-state index contributed by atoms with van der Waals surface area (Å²) in [5, 5.41) is 11.5. The van der Waals surface area contributed by atoms with Gasteiger partial charge in [0.15, 0.2) is 0 Å². The Morgan fingerprint density at radius 3 is 2.25 bits per heavy atom. The number of thioether (sulfide) groups is 1. The van der Waals surface area contributed by atoms with Gasteiger partial charge >= 0.3 is 0 Å². The minimum Gasteiger partial charge on any atom is -0.185 e. The van der Waals surface area contributed by atoms with Crippen LogP contribution in [-0.2, 0) is 0 Å². The molecule has 0 amide bonds. The van der Waals surface area contributed by atoms with Crippen LogP contribution in [0.1, 0.15) is 0 Å². The van der Waals surface area contributed by atoms with Gasteiger partial charge in [-0.05, 0) is 23.9 Å². The summed E-state index contributed by atoms with van der Waals surface area (Å²) in [6, 6.07) is 3.09. The SMILES string of the molecule is N#CSc1cc(Cl)c(Cl)cc1Cl. The largest absolute Gasteiger partial charge is 0.185 e. The van der Waals surface area contributed by atoms with E-state index in [2.05, 4.69) is 0 Å². The Hall–Kier alpha value is -0.0700. The minimum absolute atomic E-state index is 0.393. The van der Waals surface area contributed by atoms with E-state index in [0.29, 0.717) is 20.0 Å². The van der Waals surface area contributed by atoms with Gasteiger partial charge in [0.05, 0.1) is 15.1 Å². The highest BCUT2D eigenvalue weighted by Gasteiger charge is 2.05. The van der Waals surface area contributed by atoms with Crippen molar-refractivity contribution in [3.05, 3.63) is 27.2 Å². The summed E-state index contributed by atoms with van der Waals surface area (Å²) < 4.78 is 0. The van der Waals surface area contributed by atoms with Crippen LogP contribution in [-0.4, -0.2) is 0 Å². The van der Waals surface area contributed by atoms with E-state index in [9.17, 15) is 0 Å². The van der Waals surface area contributed by atoms with E-state index in [1.165, 1.54) is 6.07 Å². The summed E-state index contributed by atoms with van der Waals surface area (Å²) in [6.45, 7) is 0. The Balaban J connectivity index is 3.16. The molecule has 0 atom stereocenters. The molecule has 0 N–H and O–H groups in total. The topological polar surface area (TPSA) is 23.8 Å². The lowest BCUT2D eigenvalue weighted by molar-refractivity contribution is 1.46. The molecule has 0 aromatic heterocycles. The van der Waals surface area contributed by atoms with E-state index >= 15 is 0 Å². The van der Waals surface area contributed by atoms with Gasteiger partial charge in [0, 0.05) is 4.90 Å². The van der Waals surface area contributed by atoms with E-state index in [4.69, 9.17) is 40.1 Å². The summed E-state index contributed by atoms with van der Waals surface area (Å²) in [7, 11) is 0. The molecule has 0 spiro atoms. The molecule has 0 heterocycles. The molecule has 0 saturated heterocycles. The fourth-order valence-electron chi connectivity index (χ4n) is 0.632. The smallest absolute Gasteiger partial charge is 0.138 e. The third kappa shape index (κ3) is 2.21. The zero-order valence-corrected chi connectivity index (χ0v) is 8.73. The standard InChI is InChI=1S/C7H2Cl3NS/c8-4-1-6(10)7(12-3-11)2-5(4)9/h1-2H. The number of benzene rings is 1. The Bertz CT molecular complexity index is 345. The number of rotatable bonds is 1. The quantitative estimate of drug-likeness (QED) is 0.415. The zero-order valence-electron chi connectivity index (χ0n) is 5.64. The lowest BCUT2D eigenvalue weighted by Gasteiger charge is -2.00. The summed E-state index contributed by atoms with van der Waals surface area (Å²) in [6.07, 6.45) is 0.